The summed E-state index contributed by atoms with van der Waals surface area (Å²) in [6, 6.07) is 3.84. The molecule has 0 aliphatic carbocycles. The Morgan fingerprint density at radius 2 is 2.29 bits per heavy atom. The molecule has 0 radical (unpaired) electrons. The van der Waals surface area contributed by atoms with E-state index in [0.717, 1.165) is 37.3 Å². The molecule has 1 saturated heterocycles. The van der Waals surface area contributed by atoms with Crippen LogP contribution in [0, 0.1) is 5.92 Å². The van der Waals surface area contributed by atoms with Gasteiger partial charge in [0.15, 0.2) is 5.96 Å². The average molecular weight is 406 g/mol. The van der Waals surface area contributed by atoms with Crippen LogP contribution in [0.15, 0.2) is 27.8 Å². The van der Waals surface area contributed by atoms with Crippen molar-refractivity contribution in [2.45, 2.75) is 26.8 Å². The Labute approximate surface area is 144 Å². The topological polar surface area (TPSA) is 52.8 Å². The summed E-state index contributed by atoms with van der Waals surface area (Å²) < 4.78 is 5.30. The summed E-state index contributed by atoms with van der Waals surface area (Å²) in [7, 11) is 0. The van der Waals surface area contributed by atoms with Gasteiger partial charge in [0.05, 0.1) is 6.26 Å². The van der Waals surface area contributed by atoms with Gasteiger partial charge in [-0.05, 0) is 44.5 Å². The summed E-state index contributed by atoms with van der Waals surface area (Å²) in [5, 5.41) is 6.72. The molecule has 120 valence electrons. The number of nitrogens with zero attached hydrogens (tertiary/aromatic N) is 2. The molecule has 1 aromatic rings. The summed E-state index contributed by atoms with van der Waals surface area (Å²) in [5.74, 6) is 2.49. The fraction of sp³-hybridized carbons (Fsp3) is 0.667. The molecule has 1 aliphatic rings. The van der Waals surface area contributed by atoms with Gasteiger partial charge in [-0.1, -0.05) is 6.92 Å². The smallest absolute Gasteiger partial charge is 0.191 e. The van der Waals surface area contributed by atoms with E-state index in [1.807, 2.05) is 12.1 Å². The molecule has 0 aromatic carbocycles. The van der Waals surface area contributed by atoms with E-state index in [2.05, 4.69) is 34.4 Å². The Balaban J connectivity index is 0.00000220. The zero-order valence-corrected chi connectivity index (χ0v) is 15.3. The Morgan fingerprint density at radius 3 is 2.90 bits per heavy atom. The maximum atomic E-state index is 5.30. The van der Waals surface area contributed by atoms with Crippen LogP contribution in [0.4, 0.5) is 0 Å². The van der Waals surface area contributed by atoms with E-state index in [0.29, 0.717) is 6.54 Å². The lowest BCUT2D eigenvalue weighted by Gasteiger charge is -2.16. The highest BCUT2D eigenvalue weighted by molar-refractivity contribution is 14.0. The predicted octanol–water partition coefficient (Wildman–Crippen LogP) is 2.29. The van der Waals surface area contributed by atoms with Gasteiger partial charge in [-0.2, -0.15) is 0 Å². The molecule has 2 heterocycles. The lowest BCUT2D eigenvalue weighted by atomic mass is 10.1. The Kier molecular flexibility index (Phi) is 8.75. The summed E-state index contributed by atoms with van der Waals surface area (Å²) in [6.45, 7) is 10.3. The summed E-state index contributed by atoms with van der Waals surface area (Å²) >= 11 is 0. The van der Waals surface area contributed by atoms with Gasteiger partial charge in [-0.25, -0.2) is 4.99 Å². The van der Waals surface area contributed by atoms with Crippen LogP contribution in [0.5, 0.6) is 0 Å². The van der Waals surface area contributed by atoms with Crippen molar-refractivity contribution in [1.29, 1.82) is 0 Å². The van der Waals surface area contributed by atoms with Gasteiger partial charge in [0.2, 0.25) is 0 Å². The molecule has 0 bridgehead atoms. The number of hydrogen-bond donors (Lipinski definition) is 2. The van der Waals surface area contributed by atoms with Gasteiger partial charge >= 0.3 is 0 Å². The molecule has 0 amide bonds. The first-order valence-corrected chi connectivity index (χ1v) is 7.58. The first-order chi connectivity index (χ1) is 9.81. The van der Waals surface area contributed by atoms with Crippen LogP contribution in [0.2, 0.25) is 0 Å². The second-order valence-electron chi connectivity index (χ2n) is 5.20. The third-order valence-electron chi connectivity index (χ3n) is 3.69. The molecule has 2 rings (SSSR count). The minimum Gasteiger partial charge on any atom is -0.467 e. The van der Waals surface area contributed by atoms with Crippen molar-refractivity contribution < 1.29 is 4.42 Å². The molecule has 2 N–H and O–H groups in total. The highest BCUT2D eigenvalue weighted by Gasteiger charge is 2.20. The first kappa shape index (κ1) is 18.3. The minimum absolute atomic E-state index is 0. The van der Waals surface area contributed by atoms with E-state index in [9.17, 15) is 0 Å². The molecule has 1 atom stereocenters. The summed E-state index contributed by atoms with van der Waals surface area (Å²) in [6.07, 6.45) is 2.96. The van der Waals surface area contributed by atoms with E-state index in [1.54, 1.807) is 6.26 Å². The number of furan rings is 1. The molecule has 1 fully saturated rings. The highest BCUT2D eigenvalue weighted by atomic mass is 127. The molecule has 1 unspecified atom stereocenters. The van der Waals surface area contributed by atoms with Gasteiger partial charge in [0, 0.05) is 19.6 Å². The maximum absolute atomic E-state index is 5.30. The second kappa shape index (κ2) is 10.0. The molecule has 1 aromatic heterocycles. The van der Waals surface area contributed by atoms with Gasteiger partial charge in [0.1, 0.15) is 12.3 Å². The highest BCUT2D eigenvalue weighted by Crippen LogP contribution is 2.14. The summed E-state index contributed by atoms with van der Waals surface area (Å²) in [5.41, 5.74) is 0. The van der Waals surface area contributed by atoms with Crippen LogP contribution in [-0.4, -0.2) is 43.6 Å². The van der Waals surface area contributed by atoms with E-state index >= 15 is 0 Å². The zero-order chi connectivity index (χ0) is 14.2. The lowest BCUT2D eigenvalue weighted by Crippen LogP contribution is -2.40. The number of halogens is 1. The molecule has 5 nitrogen and oxygen atoms in total. The van der Waals surface area contributed by atoms with Crippen LogP contribution in [-0.2, 0) is 6.54 Å². The van der Waals surface area contributed by atoms with Crippen molar-refractivity contribution in [3.8, 4) is 0 Å². The van der Waals surface area contributed by atoms with Crippen molar-refractivity contribution in [2.75, 3.05) is 32.7 Å². The average Bonchev–Trinajstić information content (AvgIpc) is 3.13. The number of aliphatic imine (C=N–C) groups is 1. The molecule has 0 saturated carbocycles. The number of rotatable bonds is 6. The minimum atomic E-state index is 0. The maximum Gasteiger partial charge on any atom is 0.191 e. The number of guanidine groups is 1. The standard InChI is InChI=1S/C15H26N4O.HI/c1-3-16-15(18-11-14-6-5-9-20-14)17-10-13-7-8-19(4-2)12-13;/h5-6,9,13H,3-4,7-8,10-12H2,1-2H3,(H2,16,17,18);1H. The number of nitrogens with one attached hydrogen (secondary N) is 2. The predicted molar refractivity (Wildman–Crippen MR) is 97.2 cm³/mol. The van der Waals surface area contributed by atoms with Crippen LogP contribution in [0.3, 0.4) is 0 Å². The van der Waals surface area contributed by atoms with Crippen molar-refractivity contribution in [3.63, 3.8) is 0 Å². The Bertz CT molecular complexity index is 408. The number of likely N-dealkylation sites (tertiary alicyclic amines) is 1. The van der Waals surface area contributed by atoms with E-state index < -0.39 is 0 Å². The van der Waals surface area contributed by atoms with Crippen LogP contribution in [0.25, 0.3) is 0 Å². The van der Waals surface area contributed by atoms with Crippen molar-refractivity contribution in [2.24, 2.45) is 10.9 Å². The SMILES string of the molecule is CCNC(=NCc1ccco1)NCC1CCN(CC)C1.I. The monoisotopic (exact) mass is 406 g/mol. The second-order valence-corrected chi connectivity index (χ2v) is 5.20. The van der Waals surface area contributed by atoms with Crippen LogP contribution in [0.1, 0.15) is 26.0 Å². The lowest BCUT2D eigenvalue weighted by molar-refractivity contribution is 0.342. The van der Waals surface area contributed by atoms with Crippen molar-refractivity contribution in [3.05, 3.63) is 24.2 Å². The quantitative estimate of drug-likeness (QED) is 0.433. The molecular weight excluding hydrogens is 379 g/mol. The first-order valence-electron chi connectivity index (χ1n) is 7.58. The van der Waals surface area contributed by atoms with Gasteiger partial charge in [-0.3, -0.25) is 0 Å². The van der Waals surface area contributed by atoms with E-state index in [-0.39, 0.29) is 24.0 Å². The van der Waals surface area contributed by atoms with Crippen molar-refractivity contribution in [1.82, 2.24) is 15.5 Å². The van der Waals surface area contributed by atoms with Crippen LogP contribution >= 0.6 is 24.0 Å². The molecule has 0 spiro atoms. The molecule has 21 heavy (non-hydrogen) atoms. The Morgan fingerprint density at radius 1 is 1.43 bits per heavy atom. The third kappa shape index (κ3) is 6.25. The molecular formula is C15H27IN4O. The summed E-state index contributed by atoms with van der Waals surface area (Å²) in [4.78, 5) is 7.04. The number of hydrogen-bond acceptors (Lipinski definition) is 3. The van der Waals surface area contributed by atoms with Gasteiger partial charge in [0.25, 0.3) is 0 Å². The normalized spacial score (nSPS) is 19.3. The van der Waals surface area contributed by atoms with Crippen LogP contribution < -0.4 is 10.6 Å². The van der Waals surface area contributed by atoms with Gasteiger partial charge in [-0.15, -0.1) is 24.0 Å². The molecule has 1 aliphatic heterocycles. The fourth-order valence-electron chi connectivity index (χ4n) is 2.51. The van der Waals surface area contributed by atoms with E-state index in [4.69, 9.17) is 4.42 Å². The molecule has 6 heteroatoms. The third-order valence-corrected chi connectivity index (χ3v) is 3.69. The van der Waals surface area contributed by atoms with Gasteiger partial charge < -0.3 is 20.0 Å². The fourth-order valence-corrected chi connectivity index (χ4v) is 2.51. The Hall–Kier alpha value is -0.760. The largest absolute Gasteiger partial charge is 0.467 e. The zero-order valence-electron chi connectivity index (χ0n) is 13.0. The van der Waals surface area contributed by atoms with Crippen molar-refractivity contribution >= 4 is 29.9 Å². The van der Waals surface area contributed by atoms with E-state index in [1.165, 1.54) is 19.5 Å².